The minimum atomic E-state index is -0.738. The molecule has 0 atom stereocenters. The summed E-state index contributed by atoms with van der Waals surface area (Å²) in [5.74, 6) is -0.354. The summed E-state index contributed by atoms with van der Waals surface area (Å²) in [6.45, 7) is 5.34. The van der Waals surface area contributed by atoms with Gasteiger partial charge in [-0.25, -0.2) is 0 Å². The third kappa shape index (κ3) is 2.70. The number of carbonyl (C=O) groups is 1. The standard InChI is InChI=1S/C17H15N3O2/c1-11-14(16(21)20-13-7-5-4-6-8-13)15(12(9-18)10-19)22-17(11,2)3/h4-8H,1-3H3,(H,20,21). The number of nitrogens with one attached hydrogen (secondary N) is 1. The molecule has 0 unspecified atom stereocenters. The van der Waals surface area contributed by atoms with Crippen LogP contribution in [-0.4, -0.2) is 11.5 Å². The lowest BCUT2D eigenvalue weighted by atomic mass is 9.96. The molecule has 1 aromatic carbocycles. The van der Waals surface area contributed by atoms with E-state index in [2.05, 4.69) is 5.32 Å². The SMILES string of the molecule is CC1=C(C(=O)Nc2ccccc2)C(=C(C#N)C#N)OC1(C)C. The number of para-hydroxylation sites is 1. The van der Waals surface area contributed by atoms with Crippen molar-refractivity contribution in [3.63, 3.8) is 0 Å². The number of carbonyl (C=O) groups excluding carboxylic acids is 1. The maximum Gasteiger partial charge on any atom is 0.259 e. The molecule has 0 radical (unpaired) electrons. The van der Waals surface area contributed by atoms with Gasteiger partial charge >= 0.3 is 0 Å². The number of rotatable bonds is 2. The first-order chi connectivity index (χ1) is 10.4. The number of anilines is 1. The fourth-order valence-corrected chi connectivity index (χ4v) is 2.15. The van der Waals surface area contributed by atoms with Crippen LogP contribution in [0.15, 0.2) is 52.8 Å². The summed E-state index contributed by atoms with van der Waals surface area (Å²) in [4.78, 5) is 12.6. The molecule has 0 aromatic heterocycles. The Morgan fingerprint density at radius 2 is 1.77 bits per heavy atom. The smallest absolute Gasteiger partial charge is 0.259 e. The van der Waals surface area contributed by atoms with Gasteiger partial charge in [-0.3, -0.25) is 4.79 Å². The van der Waals surface area contributed by atoms with Crippen LogP contribution in [0.25, 0.3) is 0 Å². The maximum atomic E-state index is 12.6. The van der Waals surface area contributed by atoms with Crippen molar-refractivity contribution in [2.24, 2.45) is 0 Å². The van der Waals surface area contributed by atoms with Gasteiger partial charge in [-0.1, -0.05) is 18.2 Å². The molecule has 5 nitrogen and oxygen atoms in total. The highest BCUT2D eigenvalue weighted by molar-refractivity contribution is 6.08. The molecule has 0 spiro atoms. The molecule has 0 saturated heterocycles. The third-order valence-electron chi connectivity index (χ3n) is 3.57. The van der Waals surface area contributed by atoms with Crippen LogP contribution in [0.1, 0.15) is 20.8 Å². The summed E-state index contributed by atoms with van der Waals surface area (Å²) in [5, 5.41) is 20.9. The highest BCUT2D eigenvalue weighted by Crippen LogP contribution is 2.39. The Hall–Kier alpha value is -3.05. The van der Waals surface area contributed by atoms with Crippen molar-refractivity contribution < 1.29 is 9.53 Å². The second-order valence-electron chi connectivity index (χ2n) is 5.36. The number of hydrogen-bond donors (Lipinski definition) is 1. The van der Waals surface area contributed by atoms with Crippen LogP contribution < -0.4 is 5.32 Å². The number of allylic oxidation sites excluding steroid dienone is 1. The normalized spacial score (nSPS) is 15.6. The molecule has 1 aromatic rings. The molecule has 0 saturated carbocycles. The van der Waals surface area contributed by atoms with Gasteiger partial charge < -0.3 is 10.1 Å². The molecule has 2 rings (SSSR count). The van der Waals surface area contributed by atoms with E-state index >= 15 is 0 Å². The fraction of sp³-hybridized carbons (Fsp3) is 0.235. The Bertz CT molecular complexity index is 743. The Kier molecular flexibility index (Phi) is 4.01. The monoisotopic (exact) mass is 293 g/mol. The zero-order chi connectivity index (χ0) is 16.3. The largest absolute Gasteiger partial charge is 0.480 e. The highest BCUT2D eigenvalue weighted by Gasteiger charge is 2.40. The predicted octanol–water partition coefficient (Wildman–Crippen LogP) is 3.05. The quantitative estimate of drug-likeness (QED) is 0.849. The average molecular weight is 293 g/mol. The van der Waals surface area contributed by atoms with Crippen LogP contribution in [0.3, 0.4) is 0 Å². The van der Waals surface area contributed by atoms with E-state index in [0.29, 0.717) is 11.3 Å². The molecule has 1 heterocycles. The van der Waals surface area contributed by atoms with Gasteiger partial charge in [-0.2, -0.15) is 10.5 Å². The number of amides is 1. The van der Waals surface area contributed by atoms with Crippen molar-refractivity contribution in [2.75, 3.05) is 5.32 Å². The van der Waals surface area contributed by atoms with Crippen molar-refractivity contribution in [3.8, 4) is 12.1 Å². The van der Waals surface area contributed by atoms with Gasteiger partial charge in [-0.15, -0.1) is 0 Å². The van der Waals surface area contributed by atoms with Crippen LogP contribution >= 0.6 is 0 Å². The Balaban J connectivity index is 2.47. The predicted molar refractivity (Wildman–Crippen MR) is 81.2 cm³/mol. The lowest BCUT2D eigenvalue weighted by Gasteiger charge is -2.20. The summed E-state index contributed by atoms with van der Waals surface area (Å²) < 4.78 is 5.68. The number of nitriles is 2. The van der Waals surface area contributed by atoms with Gasteiger partial charge in [0.15, 0.2) is 11.3 Å². The highest BCUT2D eigenvalue weighted by atomic mass is 16.5. The summed E-state index contributed by atoms with van der Waals surface area (Å²) in [7, 11) is 0. The second kappa shape index (κ2) is 5.75. The van der Waals surface area contributed by atoms with Gasteiger partial charge in [0.2, 0.25) is 0 Å². The van der Waals surface area contributed by atoms with E-state index in [-0.39, 0.29) is 16.9 Å². The zero-order valence-electron chi connectivity index (χ0n) is 12.6. The van der Waals surface area contributed by atoms with Crippen molar-refractivity contribution in [2.45, 2.75) is 26.4 Å². The van der Waals surface area contributed by atoms with E-state index in [4.69, 9.17) is 15.3 Å². The van der Waals surface area contributed by atoms with E-state index in [9.17, 15) is 4.79 Å². The lowest BCUT2D eigenvalue weighted by molar-refractivity contribution is -0.112. The molecular weight excluding hydrogens is 278 g/mol. The molecule has 0 aliphatic carbocycles. The Morgan fingerprint density at radius 3 is 2.32 bits per heavy atom. The van der Waals surface area contributed by atoms with E-state index in [0.717, 1.165) is 0 Å². The lowest BCUT2D eigenvalue weighted by Crippen LogP contribution is -2.20. The summed E-state index contributed by atoms with van der Waals surface area (Å²) in [6.07, 6.45) is 0. The number of nitrogens with zero attached hydrogens (tertiary/aromatic N) is 2. The van der Waals surface area contributed by atoms with Gasteiger partial charge in [0, 0.05) is 5.69 Å². The van der Waals surface area contributed by atoms with Crippen molar-refractivity contribution >= 4 is 11.6 Å². The zero-order valence-corrected chi connectivity index (χ0v) is 12.6. The third-order valence-corrected chi connectivity index (χ3v) is 3.57. The van der Waals surface area contributed by atoms with E-state index in [1.807, 2.05) is 6.07 Å². The minimum Gasteiger partial charge on any atom is -0.480 e. The molecule has 1 aliphatic rings. The van der Waals surface area contributed by atoms with Crippen molar-refractivity contribution in [1.29, 1.82) is 10.5 Å². The van der Waals surface area contributed by atoms with Gasteiger partial charge in [0.05, 0.1) is 5.57 Å². The van der Waals surface area contributed by atoms with Gasteiger partial charge in [0.25, 0.3) is 5.91 Å². The first-order valence-corrected chi connectivity index (χ1v) is 6.72. The maximum absolute atomic E-state index is 12.6. The number of benzene rings is 1. The fourth-order valence-electron chi connectivity index (χ4n) is 2.15. The molecule has 110 valence electrons. The first kappa shape index (κ1) is 15.3. The van der Waals surface area contributed by atoms with Crippen LogP contribution in [0.2, 0.25) is 0 Å². The summed E-state index contributed by atoms with van der Waals surface area (Å²) in [6, 6.07) is 12.5. The van der Waals surface area contributed by atoms with Crippen LogP contribution in [-0.2, 0) is 9.53 Å². The van der Waals surface area contributed by atoms with E-state index in [1.54, 1.807) is 57.2 Å². The van der Waals surface area contributed by atoms with Crippen molar-refractivity contribution in [1.82, 2.24) is 0 Å². The van der Waals surface area contributed by atoms with E-state index < -0.39 is 11.5 Å². The van der Waals surface area contributed by atoms with Gasteiger partial charge in [-0.05, 0) is 38.5 Å². The molecule has 22 heavy (non-hydrogen) atoms. The topological polar surface area (TPSA) is 85.9 Å². The number of ether oxygens (including phenoxy) is 1. The summed E-state index contributed by atoms with van der Waals surface area (Å²) in [5.41, 5.74) is 0.610. The Labute approximate surface area is 129 Å². The molecule has 1 amide bonds. The molecule has 5 heteroatoms. The van der Waals surface area contributed by atoms with Crippen molar-refractivity contribution in [3.05, 3.63) is 52.8 Å². The minimum absolute atomic E-state index is 0.0425. The van der Waals surface area contributed by atoms with E-state index in [1.165, 1.54) is 0 Å². The van der Waals surface area contributed by atoms with Crippen LogP contribution in [0, 0.1) is 22.7 Å². The molecule has 0 fully saturated rings. The molecule has 1 N–H and O–H groups in total. The van der Waals surface area contributed by atoms with Crippen LogP contribution in [0.5, 0.6) is 0 Å². The molecular formula is C17H15N3O2. The second-order valence-corrected chi connectivity index (χ2v) is 5.36. The first-order valence-electron chi connectivity index (χ1n) is 6.72. The Morgan fingerprint density at radius 1 is 1.18 bits per heavy atom. The van der Waals surface area contributed by atoms with Crippen LogP contribution in [0.4, 0.5) is 5.69 Å². The average Bonchev–Trinajstić information content (AvgIpc) is 2.72. The van der Waals surface area contributed by atoms with Gasteiger partial charge in [0.1, 0.15) is 17.7 Å². The number of hydrogen-bond acceptors (Lipinski definition) is 4. The summed E-state index contributed by atoms with van der Waals surface area (Å²) >= 11 is 0. The molecule has 0 bridgehead atoms. The molecule has 1 aliphatic heterocycles.